The number of hydrogen-bond acceptors (Lipinski definition) is 2. The Hall–Kier alpha value is -5.38. The van der Waals surface area contributed by atoms with Gasteiger partial charge < -0.3 is 9.47 Å². The molecule has 0 saturated heterocycles. The number of anilines is 3. The molecule has 0 amide bonds. The maximum absolute atomic E-state index is 2.44. The molecule has 0 aliphatic carbocycles. The Morgan fingerprint density at radius 3 is 1.91 bits per heavy atom. The van der Waals surface area contributed by atoms with Gasteiger partial charge in [-0.2, -0.15) is 0 Å². The van der Waals surface area contributed by atoms with Gasteiger partial charge in [0, 0.05) is 37.6 Å². The van der Waals surface area contributed by atoms with E-state index in [0.717, 1.165) is 11.4 Å². The number of rotatable bonds is 4. The Balaban J connectivity index is 1.34. The molecule has 0 aliphatic rings. The van der Waals surface area contributed by atoms with Crippen LogP contribution in [0.4, 0.5) is 17.1 Å². The number of para-hydroxylation sites is 3. The van der Waals surface area contributed by atoms with Crippen molar-refractivity contribution in [3.63, 3.8) is 0 Å². The minimum Gasteiger partial charge on any atom is -0.310 e. The van der Waals surface area contributed by atoms with Crippen LogP contribution in [0.15, 0.2) is 158 Å². The van der Waals surface area contributed by atoms with Gasteiger partial charge in [-0.05, 0) is 65.4 Å². The maximum atomic E-state index is 2.44. The average Bonchev–Trinajstić information content (AvgIpc) is 3.62. The van der Waals surface area contributed by atoms with Gasteiger partial charge in [-0.1, -0.05) is 103 Å². The molecule has 9 rings (SSSR count). The molecular weight excluding hydrogens is 541 g/mol. The van der Waals surface area contributed by atoms with Crippen LogP contribution in [0, 0.1) is 0 Å². The highest BCUT2D eigenvalue weighted by Crippen LogP contribution is 2.47. The fraction of sp³-hybridized carbons (Fsp3) is 0. The summed E-state index contributed by atoms with van der Waals surface area (Å²) in [6, 6.07) is 57.1. The largest absolute Gasteiger partial charge is 0.310 e. The van der Waals surface area contributed by atoms with Gasteiger partial charge in [0.1, 0.15) is 0 Å². The third-order valence-corrected chi connectivity index (χ3v) is 9.74. The van der Waals surface area contributed by atoms with E-state index in [1.54, 1.807) is 0 Å². The first-order valence-corrected chi connectivity index (χ1v) is 15.4. The second-order valence-corrected chi connectivity index (χ2v) is 12.0. The lowest BCUT2D eigenvalue weighted by Crippen LogP contribution is -2.10. The summed E-state index contributed by atoms with van der Waals surface area (Å²) in [6.45, 7) is 0. The van der Waals surface area contributed by atoms with E-state index >= 15 is 0 Å². The molecule has 0 unspecified atom stereocenters. The lowest BCUT2D eigenvalue weighted by Gasteiger charge is -2.26. The fourth-order valence-corrected chi connectivity index (χ4v) is 7.91. The molecule has 0 radical (unpaired) electrons. The van der Waals surface area contributed by atoms with Gasteiger partial charge in [0.05, 0.1) is 27.1 Å². The molecule has 2 aromatic heterocycles. The van der Waals surface area contributed by atoms with E-state index in [1.165, 1.54) is 64.1 Å². The molecule has 9 aromatic rings. The van der Waals surface area contributed by atoms with Crippen LogP contribution < -0.4 is 4.90 Å². The summed E-state index contributed by atoms with van der Waals surface area (Å²) in [5.74, 6) is 0. The van der Waals surface area contributed by atoms with Crippen molar-refractivity contribution in [1.29, 1.82) is 0 Å². The van der Waals surface area contributed by atoms with Crippen LogP contribution in [-0.4, -0.2) is 4.57 Å². The molecular formula is C40H26N2S. The lowest BCUT2D eigenvalue weighted by molar-refractivity contribution is 1.20. The van der Waals surface area contributed by atoms with E-state index in [9.17, 15) is 0 Å². The molecule has 0 bridgehead atoms. The van der Waals surface area contributed by atoms with Gasteiger partial charge in [-0.3, -0.25) is 0 Å². The minimum absolute atomic E-state index is 1.14. The first-order chi connectivity index (χ1) is 21.3. The van der Waals surface area contributed by atoms with Crippen molar-refractivity contribution in [3.8, 4) is 5.69 Å². The summed E-state index contributed by atoms with van der Waals surface area (Å²) >= 11 is 1.88. The molecule has 0 aliphatic heterocycles. The smallest absolute Gasteiger partial charge is 0.0640 e. The molecule has 0 atom stereocenters. The second kappa shape index (κ2) is 9.59. The summed E-state index contributed by atoms with van der Waals surface area (Å²) in [6.07, 6.45) is 0. The number of thiophene rings is 1. The molecule has 0 fully saturated rings. The third kappa shape index (κ3) is 3.72. The minimum atomic E-state index is 1.14. The predicted molar refractivity (Wildman–Crippen MR) is 186 cm³/mol. The van der Waals surface area contributed by atoms with Gasteiger partial charge in [-0.25, -0.2) is 0 Å². The van der Waals surface area contributed by atoms with Crippen LogP contribution >= 0.6 is 11.3 Å². The van der Waals surface area contributed by atoms with Gasteiger partial charge in [0.15, 0.2) is 0 Å². The quantitative estimate of drug-likeness (QED) is 0.206. The fourth-order valence-electron chi connectivity index (χ4n) is 6.68. The van der Waals surface area contributed by atoms with Gasteiger partial charge in [0.2, 0.25) is 0 Å². The van der Waals surface area contributed by atoms with Crippen molar-refractivity contribution in [3.05, 3.63) is 158 Å². The number of nitrogens with zero attached hydrogens (tertiary/aromatic N) is 2. The summed E-state index contributed by atoms with van der Waals surface area (Å²) in [4.78, 5) is 2.41. The van der Waals surface area contributed by atoms with Crippen molar-refractivity contribution in [2.45, 2.75) is 0 Å². The third-order valence-electron chi connectivity index (χ3n) is 8.55. The highest BCUT2D eigenvalue weighted by Gasteiger charge is 2.21. The Labute approximate surface area is 253 Å². The van der Waals surface area contributed by atoms with Crippen molar-refractivity contribution in [1.82, 2.24) is 4.57 Å². The van der Waals surface area contributed by atoms with Crippen LogP contribution in [0.5, 0.6) is 0 Å². The molecule has 0 N–H and O–H groups in total. The maximum Gasteiger partial charge on any atom is 0.0640 e. The molecule has 0 spiro atoms. The van der Waals surface area contributed by atoms with E-state index in [0.29, 0.717) is 0 Å². The normalized spacial score (nSPS) is 11.7. The monoisotopic (exact) mass is 566 g/mol. The molecule has 3 heteroatoms. The van der Waals surface area contributed by atoms with Gasteiger partial charge >= 0.3 is 0 Å². The molecule has 0 saturated carbocycles. The van der Waals surface area contributed by atoms with Crippen molar-refractivity contribution in [2.75, 3.05) is 4.90 Å². The van der Waals surface area contributed by atoms with Crippen LogP contribution in [0.25, 0.3) is 58.4 Å². The molecule has 2 heterocycles. The summed E-state index contributed by atoms with van der Waals surface area (Å²) in [5, 5.41) is 7.59. The standard InChI is InChI=1S/C40H26N2S/c1-2-14-29(15-3-1)41(30-25-24-27-12-4-5-13-28(27)26-30)36-21-11-23-38-39(36)33-18-10-22-37(40(33)43-38)42-34-19-8-6-16-31(34)32-17-7-9-20-35(32)42/h1-26H. The predicted octanol–water partition coefficient (Wildman–Crippen LogP) is 11.8. The lowest BCUT2D eigenvalue weighted by atomic mass is 10.1. The van der Waals surface area contributed by atoms with Gasteiger partial charge in [-0.15, -0.1) is 11.3 Å². The first kappa shape index (κ1) is 24.2. The first-order valence-electron chi connectivity index (χ1n) is 14.6. The molecule has 7 aromatic carbocycles. The highest BCUT2D eigenvalue weighted by atomic mass is 32.1. The number of aromatic nitrogens is 1. The van der Waals surface area contributed by atoms with E-state index in [4.69, 9.17) is 0 Å². The Morgan fingerprint density at radius 2 is 1.12 bits per heavy atom. The number of fused-ring (bicyclic) bond motifs is 7. The SMILES string of the molecule is c1ccc(N(c2ccc3ccccc3c2)c2cccc3sc4c(-n5c6ccccc6c6ccccc65)cccc4c23)cc1. The van der Waals surface area contributed by atoms with Crippen molar-refractivity contribution >= 4 is 81.1 Å². The zero-order chi connectivity index (χ0) is 28.3. The van der Waals surface area contributed by atoms with E-state index in [2.05, 4.69) is 167 Å². The van der Waals surface area contributed by atoms with E-state index in [-0.39, 0.29) is 0 Å². The average molecular weight is 567 g/mol. The zero-order valence-electron chi connectivity index (χ0n) is 23.3. The highest BCUT2D eigenvalue weighted by molar-refractivity contribution is 7.26. The Kier molecular flexibility index (Phi) is 5.40. The van der Waals surface area contributed by atoms with E-state index in [1.807, 2.05) is 11.3 Å². The van der Waals surface area contributed by atoms with E-state index < -0.39 is 0 Å². The summed E-state index contributed by atoms with van der Waals surface area (Å²) in [5.41, 5.74) is 7.16. The van der Waals surface area contributed by atoms with Crippen LogP contribution in [0.3, 0.4) is 0 Å². The Morgan fingerprint density at radius 1 is 0.465 bits per heavy atom. The number of hydrogen-bond donors (Lipinski definition) is 0. The summed E-state index contributed by atoms with van der Waals surface area (Å²) in [7, 11) is 0. The second-order valence-electron chi connectivity index (χ2n) is 11.0. The van der Waals surface area contributed by atoms with Crippen molar-refractivity contribution in [2.24, 2.45) is 0 Å². The zero-order valence-corrected chi connectivity index (χ0v) is 24.1. The molecule has 2 nitrogen and oxygen atoms in total. The van der Waals surface area contributed by atoms with Crippen LogP contribution in [0.2, 0.25) is 0 Å². The Bertz CT molecular complexity index is 2410. The van der Waals surface area contributed by atoms with Crippen molar-refractivity contribution < 1.29 is 0 Å². The molecule has 43 heavy (non-hydrogen) atoms. The molecule has 202 valence electrons. The van der Waals surface area contributed by atoms with Gasteiger partial charge in [0.25, 0.3) is 0 Å². The van der Waals surface area contributed by atoms with Crippen LogP contribution in [-0.2, 0) is 0 Å². The van der Waals surface area contributed by atoms with Crippen LogP contribution in [0.1, 0.15) is 0 Å². The number of benzene rings is 7. The summed E-state index contributed by atoms with van der Waals surface area (Å²) < 4.78 is 5.02. The topological polar surface area (TPSA) is 8.17 Å².